The molecule has 1 atom stereocenters. The third-order valence-corrected chi connectivity index (χ3v) is 4.56. The summed E-state index contributed by atoms with van der Waals surface area (Å²) in [7, 11) is 0. The highest BCUT2D eigenvalue weighted by molar-refractivity contribution is 5.33. The molecule has 1 aromatic carbocycles. The van der Waals surface area contributed by atoms with E-state index in [-0.39, 0.29) is 0 Å². The molecule has 1 N–H and O–H groups in total. The quantitative estimate of drug-likeness (QED) is 0.815. The maximum Gasteiger partial charge on any atom is 0.0236 e. The van der Waals surface area contributed by atoms with Gasteiger partial charge in [0.1, 0.15) is 0 Å². The summed E-state index contributed by atoms with van der Waals surface area (Å²) in [6.07, 6.45) is 4.99. The van der Waals surface area contributed by atoms with Crippen molar-refractivity contribution < 1.29 is 0 Å². The summed E-state index contributed by atoms with van der Waals surface area (Å²) in [6.45, 7) is 11.4. The summed E-state index contributed by atoms with van der Waals surface area (Å²) in [5.74, 6) is 0. The van der Waals surface area contributed by atoms with E-state index < -0.39 is 0 Å². The van der Waals surface area contributed by atoms with Gasteiger partial charge < -0.3 is 5.32 Å². The molecule has 1 aliphatic rings. The lowest BCUT2D eigenvalue weighted by molar-refractivity contribution is 0.192. The number of nitrogens with zero attached hydrogens (tertiary/aromatic N) is 1. The fraction of sp³-hybridized carbons (Fsp3) is 0.667. The van der Waals surface area contributed by atoms with Crippen LogP contribution in [0.4, 0.5) is 0 Å². The molecule has 0 aromatic heterocycles. The monoisotopic (exact) mass is 274 g/mol. The largest absolute Gasteiger partial charge is 0.312 e. The number of fused-ring (bicyclic) bond motifs is 1. The van der Waals surface area contributed by atoms with E-state index in [1.54, 1.807) is 0 Å². The second kappa shape index (κ2) is 7.80. The highest BCUT2D eigenvalue weighted by atomic mass is 15.1. The van der Waals surface area contributed by atoms with Gasteiger partial charge in [0.2, 0.25) is 0 Å². The summed E-state index contributed by atoms with van der Waals surface area (Å²) in [5.41, 5.74) is 4.52. The van der Waals surface area contributed by atoms with Crippen molar-refractivity contribution in [2.75, 3.05) is 13.1 Å². The number of nitrogens with one attached hydrogen (secondary N) is 1. The molecule has 1 unspecified atom stereocenters. The molecule has 0 amide bonds. The van der Waals surface area contributed by atoms with Crippen LogP contribution in [-0.4, -0.2) is 24.0 Å². The van der Waals surface area contributed by atoms with Crippen LogP contribution >= 0.6 is 0 Å². The minimum absolute atomic E-state index is 0.677. The Morgan fingerprint density at radius 3 is 2.85 bits per heavy atom. The zero-order chi connectivity index (χ0) is 14.4. The smallest absolute Gasteiger partial charge is 0.0236 e. The Bertz CT molecular complexity index is 414. The van der Waals surface area contributed by atoms with Gasteiger partial charge in [0, 0.05) is 19.1 Å². The average molecular weight is 274 g/mol. The first-order valence-corrected chi connectivity index (χ1v) is 8.30. The first-order valence-electron chi connectivity index (χ1n) is 8.30. The van der Waals surface area contributed by atoms with E-state index in [0.717, 1.165) is 19.6 Å². The number of unbranched alkanes of at least 4 members (excludes halogenated alkanes) is 1. The van der Waals surface area contributed by atoms with Crippen LogP contribution in [0.3, 0.4) is 0 Å². The summed E-state index contributed by atoms with van der Waals surface area (Å²) in [4.78, 5) is 2.64. The molecular formula is C18H30N2. The maximum atomic E-state index is 3.48. The molecule has 0 saturated carbocycles. The zero-order valence-electron chi connectivity index (χ0n) is 13.4. The molecule has 0 bridgehead atoms. The van der Waals surface area contributed by atoms with E-state index in [0.29, 0.717) is 6.04 Å². The molecule has 1 aliphatic heterocycles. The Morgan fingerprint density at radius 2 is 2.10 bits per heavy atom. The van der Waals surface area contributed by atoms with E-state index >= 15 is 0 Å². The van der Waals surface area contributed by atoms with Gasteiger partial charge in [-0.1, -0.05) is 38.5 Å². The summed E-state index contributed by atoms with van der Waals surface area (Å²) < 4.78 is 0. The third-order valence-electron chi connectivity index (χ3n) is 4.56. The van der Waals surface area contributed by atoms with Crippen LogP contribution in [0.15, 0.2) is 18.2 Å². The molecular weight excluding hydrogens is 244 g/mol. The van der Waals surface area contributed by atoms with Gasteiger partial charge in [-0.25, -0.2) is 0 Å². The maximum absolute atomic E-state index is 3.48. The number of rotatable bonds is 7. The van der Waals surface area contributed by atoms with Crippen molar-refractivity contribution in [1.82, 2.24) is 10.2 Å². The fourth-order valence-corrected chi connectivity index (χ4v) is 2.94. The van der Waals surface area contributed by atoms with Crippen molar-refractivity contribution in [2.45, 2.75) is 65.6 Å². The second-order valence-corrected chi connectivity index (χ2v) is 6.11. The van der Waals surface area contributed by atoms with E-state index in [1.165, 1.54) is 48.9 Å². The molecule has 2 heteroatoms. The highest BCUT2D eigenvalue weighted by Crippen LogP contribution is 2.18. The number of hydrogen-bond donors (Lipinski definition) is 1. The Labute approximate surface area is 124 Å². The van der Waals surface area contributed by atoms with Gasteiger partial charge in [0.15, 0.2) is 0 Å². The molecule has 2 nitrogen and oxygen atoms in total. The van der Waals surface area contributed by atoms with Crippen LogP contribution in [-0.2, 0) is 19.5 Å². The predicted molar refractivity (Wildman–Crippen MR) is 86.9 cm³/mol. The molecule has 1 heterocycles. The molecule has 0 aliphatic carbocycles. The minimum Gasteiger partial charge on any atom is -0.312 e. The second-order valence-electron chi connectivity index (χ2n) is 6.11. The Balaban J connectivity index is 2.05. The molecule has 0 saturated heterocycles. The highest BCUT2D eigenvalue weighted by Gasteiger charge is 2.14. The minimum atomic E-state index is 0.677. The summed E-state index contributed by atoms with van der Waals surface area (Å²) >= 11 is 0. The first-order chi connectivity index (χ1) is 9.74. The first kappa shape index (κ1) is 15.5. The van der Waals surface area contributed by atoms with Gasteiger partial charge in [0.25, 0.3) is 0 Å². The molecule has 112 valence electrons. The van der Waals surface area contributed by atoms with E-state index in [4.69, 9.17) is 0 Å². The lowest BCUT2D eigenvalue weighted by atomic mass is 9.98. The molecule has 0 spiro atoms. The fourth-order valence-electron chi connectivity index (χ4n) is 2.94. The SMILES string of the molecule is CCCCN(Cc1ccc2c(c1)CNCC2)C(C)CC. The summed E-state index contributed by atoms with van der Waals surface area (Å²) in [6, 6.07) is 7.78. The van der Waals surface area contributed by atoms with Crippen LogP contribution in [0.2, 0.25) is 0 Å². The average Bonchev–Trinajstić information content (AvgIpc) is 2.50. The predicted octanol–water partition coefficient (Wildman–Crippen LogP) is 3.73. The Kier molecular flexibility index (Phi) is 6.06. The van der Waals surface area contributed by atoms with Gasteiger partial charge in [-0.05, 0) is 56.0 Å². The van der Waals surface area contributed by atoms with Crippen LogP contribution in [0.1, 0.15) is 56.7 Å². The van der Waals surface area contributed by atoms with E-state index in [9.17, 15) is 0 Å². The third kappa shape index (κ3) is 4.07. The molecule has 1 aromatic rings. The van der Waals surface area contributed by atoms with Crippen LogP contribution in [0.25, 0.3) is 0 Å². The van der Waals surface area contributed by atoms with Crippen molar-refractivity contribution in [3.63, 3.8) is 0 Å². The van der Waals surface area contributed by atoms with Gasteiger partial charge in [0.05, 0.1) is 0 Å². The van der Waals surface area contributed by atoms with Crippen LogP contribution < -0.4 is 5.32 Å². The van der Waals surface area contributed by atoms with Gasteiger partial charge in [-0.15, -0.1) is 0 Å². The van der Waals surface area contributed by atoms with Gasteiger partial charge >= 0.3 is 0 Å². The van der Waals surface area contributed by atoms with Crippen LogP contribution in [0.5, 0.6) is 0 Å². The lowest BCUT2D eigenvalue weighted by Crippen LogP contribution is -2.33. The van der Waals surface area contributed by atoms with Crippen molar-refractivity contribution in [3.8, 4) is 0 Å². The van der Waals surface area contributed by atoms with Gasteiger partial charge in [-0.2, -0.15) is 0 Å². The normalized spacial score (nSPS) is 16.2. The van der Waals surface area contributed by atoms with E-state index in [2.05, 4.69) is 49.2 Å². The van der Waals surface area contributed by atoms with Crippen molar-refractivity contribution in [3.05, 3.63) is 34.9 Å². The number of hydrogen-bond acceptors (Lipinski definition) is 2. The van der Waals surface area contributed by atoms with Crippen LogP contribution in [0, 0.1) is 0 Å². The topological polar surface area (TPSA) is 15.3 Å². The molecule has 20 heavy (non-hydrogen) atoms. The Morgan fingerprint density at radius 1 is 1.25 bits per heavy atom. The summed E-state index contributed by atoms with van der Waals surface area (Å²) in [5, 5.41) is 3.48. The Hall–Kier alpha value is -0.860. The van der Waals surface area contributed by atoms with Crippen molar-refractivity contribution in [2.24, 2.45) is 0 Å². The van der Waals surface area contributed by atoms with E-state index in [1.807, 2.05) is 0 Å². The molecule has 0 fully saturated rings. The number of benzene rings is 1. The van der Waals surface area contributed by atoms with Gasteiger partial charge in [-0.3, -0.25) is 4.90 Å². The van der Waals surface area contributed by atoms with Crippen molar-refractivity contribution in [1.29, 1.82) is 0 Å². The van der Waals surface area contributed by atoms with Crippen molar-refractivity contribution >= 4 is 0 Å². The zero-order valence-corrected chi connectivity index (χ0v) is 13.4. The molecule has 0 radical (unpaired) electrons. The molecule has 2 rings (SSSR count). The lowest BCUT2D eigenvalue weighted by Gasteiger charge is -2.29. The standard InChI is InChI=1S/C18H30N2/c1-4-6-11-20(15(3)5-2)14-16-7-8-17-9-10-19-13-18(17)12-16/h7-8,12,15,19H,4-6,9-11,13-14H2,1-3H3.